The van der Waals surface area contributed by atoms with Crippen molar-refractivity contribution in [3.8, 4) is 33.2 Å². The van der Waals surface area contributed by atoms with Crippen molar-refractivity contribution in [3.05, 3.63) is 59.7 Å². The molecule has 0 atom stereocenters. The molecule has 190 valence electrons. The number of hydrogen-bond acceptors (Lipinski definition) is 7. The summed E-state index contributed by atoms with van der Waals surface area (Å²) in [6.07, 6.45) is 8.42. The third kappa shape index (κ3) is 4.30. The van der Waals surface area contributed by atoms with Crippen LogP contribution in [-0.4, -0.2) is 41.0 Å². The van der Waals surface area contributed by atoms with Crippen molar-refractivity contribution >= 4 is 45.0 Å². The number of aromatic nitrogens is 7. The van der Waals surface area contributed by atoms with Crippen LogP contribution in [0, 0.1) is 12.7 Å². The molecular formula is C27H23FN8OS. The summed E-state index contributed by atoms with van der Waals surface area (Å²) >= 11 is 1.67. The highest BCUT2D eigenvalue weighted by molar-refractivity contribution is 7.15. The molecule has 11 heteroatoms. The van der Waals surface area contributed by atoms with Gasteiger partial charge in [0.1, 0.15) is 16.9 Å². The summed E-state index contributed by atoms with van der Waals surface area (Å²) in [5.41, 5.74) is 3.99. The van der Waals surface area contributed by atoms with E-state index in [-0.39, 0.29) is 17.0 Å². The fourth-order valence-electron chi connectivity index (χ4n) is 4.35. The van der Waals surface area contributed by atoms with Crippen molar-refractivity contribution in [2.24, 2.45) is 0 Å². The Labute approximate surface area is 220 Å². The van der Waals surface area contributed by atoms with Crippen LogP contribution in [0.3, 0.4) is 0 Å². The summed E-state index contributed by atoms with van der Waals surface area (Å²) in [6.45, 7) is 4.08. The first-order valence-electron chi connectivity index (χ1n) is 12.2. The topological polar surface area (TPSA) is 125 Å². The summed E-state index contributed by atoms with van der Waals surface area (Å²) in [7, 11) is 0. The normalized spacial score (nSPS) is 11.4. The zero-order chi connectivity index (χ0) is 26.2. The predicted molar refractivity (Wildman–Crippen MR) is 146 cm³/mol. The number of nitrogens with zero attached hydrogens (tertiary/aromatic N) is 5. The summed E-state index contributed by atoms with van der Waals surface area (Å²) in [6, 6.07) is 7.70. The van der Waals surface area contributed by atoms with Gasteiger partial charge in [-0.05, 0) is 37.6 Å². The smallest absolute Gasteiger partial charge is 0.224 e. The number of thiophene rings is 1. The molecule has 1 amide bonds. The maximum absolute atomic E-state index is 16.0. The number of fused-ring (bicyclic) bond motifs is 2. The quantitative estimate of drug-likeness (QED) is 0.225. The summed E-state index contributed by atoms with van der Waals surface area (Å²) < 4.78 is 16.0. The van der Waals surface area contributed by atoms with Crippen molar-refractivity contribution in [1.29, 1.82) is 0 Å². The molecule has 6 heterocycles. The minimum absolute atomic E-state index is 0.0984. The monoisotopic (exact) mass is 526 g/mol. The number of aryl methyl sites for hydroxylation is 1. The summed E-state index contributed by atoms with van der Waals surface area (Å²) in [5, 5.41) is 10.3. The Morgan fingerprint density at radius 2 is 2.03 bits per heavy atom. The zero-order valence-corrected chi connectivity index (χ0v) is 21.5. The second-order valence-corrected chi connectivity index (χ2v) is 10.2. The Bertz CT molecular complexity index is 1800. The second-order valence-electron chi connectivity index (χ2n) is 8.95. The Balaban J connectivity index is 1.41. The summed E-state index contributed by atoms with van der Waals surface area (Å²) in [4.78, 5) is 35.3. The molecule has 0 aliphatic carbocycles. The molecule has 38 heavy (non-hydrogen) atoms. The fraction of sp³-hybridized carbons (Fsp3) is 0.185. The van der Waals surface area contributed by atoms with Crippen molar-refractivity contribution < 1.29 is 9.18 Å². The van der Waals surface area contributed by atoms with E-state index in [0.29, 0.717) is 45.9 Å². The molecule has 0 spiro atoms. The lowest BCUT2D eigenvalue weighted by molar-refractivity contribution is -0.116. The zero-order valence-electron chi connectivity index (χ0n) is 20.7. The van der Waals surface area contributed by atoms with Gasteiger partial charge in [0.2, 0.25) is 5.91 Å². The van der Waals surface area contributed by atoms with Crippen LogP contribution in [0.5, 0.6) is 0 Å². The van der Waals surface area contributed by atoms with E-state index in [4.69, 9.17) is 4.98 Å². The van der Waals surface area contributed by atoms with Gasteiger partial charge in [-0.2, -0.15) is 5.10 Å². The van der Waals surface area contributed by atoms with Crippen molar-refractivity contribution in [3.63, 3.8) is 0 Å². The molecule has 0 fully saturated rings. The van der Waals surface area contributed by atoms with Gasteiger partial charge in [0.05, 0.1) is 29.0 Å². The number of amides is 1. The molecule has 0 aliphatic rings. The number of pyridine rings is 3. The van der Waals surface area contributed by atoms with Gasteiger partial charge in [-0.25, -0.2) is 14.4 Å². The van der Waals surface area contributed by atoms with E-state index in [2.05, 4.69) is 54.5 Å². The molecule has 0 bridgehead atoms. The van der Waals surface area contributed by atoms with Gasteiger partial charge in [0.25, 0.3) is 0 Å². The van der Waals surface area contributed by atoms with Gasteiger partial charge >= 0.3 is 0 Å². The minimum atomic E-state index is -0.565. The van der Waals surface area contributed by atoms with E-state index in [1.807, 2.05) is 13.0 Å². The first-order chi connectivity index (χ1) is 18.5. The molecule has 9 nitrogen and oxygen atoms in total. The number of rotatable bonds is 7. The summed E-state index contributed by atoms with van der Waals surface area (Å²) in [5.74, 6) is -0.280. The highest BCUT2D eigenvalue weighted by atomic mass is 32.1. The third-order valence-electron chi connectivity index (χ3n) is 6.21. The lowest BCUT2D eigenvalue weighted by Crippen LogP contribution is -2.11. The number of H-pyrrole nitrogens is 2. The number of unbranched alkanes of at least 4 members (excludes halogenated alkanes) is 1. The highest BCUT2D eigenvalue weighted by Crippen LogP contribution is 2.35. The van der Waals surface area contributed by atoms with Crippen LogP contribution >= 0.6 is 11.3 Å². The van der Waals surface area contributed by atoms with Crippen LogP contribution in [0.15, 0.2) is 49.1 Å². The number of carbonyl (C=O) groups excluding carboxylic acids is 1. The predicted octanol–water partition coefficient (Wildman–Crippen LogP) is 6.26. The third-order valence-corrected chi connectivity index (χ3v) is 7.25. The average Bonchev–Trinajstić information content (AvgIpc) is 3.65. The van der Waals surface area contributed by atoms with Crippen LogP contribution < -0.4 is 5.32 Å². The van der Waals surface area contributed by atoms with Crippen LogP contribution in [0.25, 0.3) is 55.3 Å². The van der Waals surface area contributed by atoms with E-state index < -0.39 is 5.82 Å². The van der Waals surface area contributed by atoms with Gasteiger partial charge < -0.3 is 10.3 Å². The first kappa shape index (κ1) is 23.9. The number of hydrogen-bond donors (Lipinski definition) is 3. The average molecular weight is 527 g/mol. The van der Waals surface area contributed by atoms with Crippen molar-refractivity contribution in [2.75, 3.05) is 5.32 Å². The van der Waals surface area contributed by atoms with E-state index >= 15 is 4.39 Å². The van der Waals surface area contributed by atoms with Gasteiger partial charge in [0, 0.05) is 39.7 Å². The van der Waals surface area contributed by atoms with E-state index in [1.54, 1.807) is 23.6 Å². The van der Waals surface area contributed by atoms with Crippen LogP contribution in [0.2, 0.25) is 0 Å². The standard InChI is InChI=1S/C27H23FN8OS/c1-3-4-5-20(37)32-16-10-15(11-29-12-16)23-22(28)21-18(13-31-23)35-36-25(21)27-33-24-17(8-9-30-26(24)34-27)19-7-6-14(2)38-19/h6-13H,3-5H2,1-2H3,(H,32,37)(H,35,36)(H,30,33,34). The van der Waals surface area contributed by atoms with Gasteiger partial charge in [0.15, 0.2) is 17.3 Å². The van der Waals surface area contributed by atoms with Crippen LogP contribution in [0.4, 0.5) is 10.1 Å². The molecule has 0 unspecified atom stereocenters. The fourth-order valence-corrected chi connectivity index (χ4v) is 5.24. The largest absolute Gasteiger partial charge is 0.325 e. The van der Waals surface area contributed by atoms with Gasteiger partial charge in [-0.3, -0.25) is 19.9 Å². The number of aromatic amines is 2. The Morgan fingerprint density at radius 3 is 2.84 bits per heavy atom. The van der Waals surface area contributed by atoms with E-state index in [0.717, 1.165) is 23.3 Å². The molecule has 6 aromatic heterocycles. The molecule has 0 saturated heterocycles. The SMILES string of the molecule is CCCCC(=O)Nc1cncc(-c2ncc3[nH]nc(-c4nc5c(-c6ccc(C)s6)ccnc5[nH]4)c3c2F)c1. The number of halogens is 1. The van der Waals surface area contributed by atoms with E-state index in [1.165, 1.54) is 23.5 Å². The van der Waals surface area contributed by atoms with Gasteiger partial charge in [-0.15, -0.1) is 11.3 Å². The number of nitrogens with one attached hydrogen (secondary N) is 3. The lowest BCUT2D eigenvalue weighted by Gasteiger charge is -2.08. The highest BCUT2D eigenvalue weighted by Gasteiger charge is 2.22. The Morgan fingerprint density at radius 1 is 1.13 bits per heavy atom. The van der Waals surface area contributed by atoms with Crippen LogP contribution in [0.1, 0.15) is 31.1 Å². The number of carbonyl (C=O) groups is 1. The molecule has 6 aromatic rings. The van der Waals surface area contributed by atoms with Crippen LogP contribution in [-0.2, 0) is 4.79 Å². The molecule has 0 radical (unpaired) electrons. The molecular weight excluding hydrogens is 503 g/mol. The second kappa shape index (κ2) is 9.75. The molecule has 6 rings (SSSR count). The maximum atomic E-state index is 16.0. The minimum Gasteiger partial charge on any atom is -0.325 e. The molecule has 0 saturated carbocycles. The number of imidazole rings is 1. The molecule has 0 aromatic carbocycles. The van der Waals surface area contributed by atoms with Crippen molar-refractivity contribution in [2.45, 2.75) is 33.1 Å². The number of anilines is 1. The lowest BCUT2D eigenvalue weighted by atomic mass is 10.1. The van der Waals surface area contributed by atoms with Crippen molar-refractivity contribution in [1.82, 2.24) is 35.1 Å². The van der Waals surface area contributed by atoms with E-state index in [9.17, 15) is 4.79 Å². The Kier molecular flexibility index (Phi) is 6.12. The maximum Gasteiger partial charge on any atom is 0.224 e. The molecule has 0 aliphatic heterocycles. The van der Waals surface area contributed by atoms with Gasteiger partial charge in [-0.1, -0.05) is 13.3 Å². The first-order valence-corrected chi connectivity index (χ1v) is 13.0. The Hall–Kier alpha value is -4.51. The molecule has 3 N–H and O–H groups in total.